The van der Waals surface area contributed by atoms with Crippen LogP contribution in [0.1, 0.15) is 144 Å². The van der Waals surface area contributed by atoms with E-state index in [1.165, 1.54) is 0 Å². The highest BCUT2D eigenvalue weighted by molar-refractivity contribution is 7.95. The maximum Gasteiger partial charge on any atom is 0.230 e. The molecule has 2 atom stereocenters. The number of carbonyl (C=O) groups excluding carboxylic acids is 4. The summed E-state index contributed by atoms with van der Waals surface area (Å²) < 4.78 is 77.5. The van der Waals surface area contributed by atoms with Crippen molar-refractivity contribution in [1.82, 2.24) is 9.80 Å². The van der Waals surface area contributed by atoms with Gasteiger partial charge in [0.1, 0.15) is 6.23 Å². The Bertz CT molecular complexity index is 4930. The lowest BCUT2D eigenvalue weighted by atomic mass is 9.91. The van der Waals surface area contributed by atoms with Gasteiger partial charge in [0.25, 0.3) is 0 Å². The third-order valence-electron chi connectivity index (χ3n) is 23.0. The molecule has 0 aliphatic heterocycles. The fourth-order valence-electron chi connectivity index (χ4n) is 16.7. The van der Waals surface area contributed by atoms with Crippen molar-refractivity contribution < 1.29 is 46.9 Å². The van der Waals surface area contributed by atoms with Crippen LogP contribution in [0, 0.1) is 83.1 Å². The van der Waals surface area contributed by atoms with Crippen LogP contribution in [0.2, 0.25) is 0 Å². The van der Waals surface area contributed by atoms with Crippen LogP contribution in [0.3, 0.4) is 0 Å². The van der Waals surface area contributed by atoms with Gasteiger partial charge in [0.2, 0.25) is 50.7 Å². The topological polar surface area (TPSA) is 162 Å². The number of benzene rings is 12. The number of rotatable bonds is 32. The third kappa shape index (κ3) is 16.8. The number of ether oxygens (including phenoxy) is 2. The molecule has 12 rings (SSSR count). The number of hydrogen-bond donors (Lipinski definition) is 0. The second kappa shape index (κ2) is 36.1. The standard InChI is InChI=1S/C99H102N2O10P4/c1-66-57-70(5)92(96(102)112(106,80-39-23-15-24-40-80)81-41-25-16-26-42-81)75(10)88(66)61-100(62-89-67(2)58-71(6)93(76(89)11)97(103)113(107,82-43-27-17-28-44-82)83-45-29-18-30-46-83)74(9)65-110-55-56-111-79(14)101(63-90-68(3)59-72(7)94(77(90)12)98(104)114(108,84-47-31-19-32-48-84)85-49-33-20-34-50-85)64-91-69(4)60-73(8)95(78(91)13)99(105)115(109,86-51-35-21-36-52-86)87-53-37-22-38-54-87/h15-54,57-60,74,79H,55-56,61-65H2,1-14H3. The second-order valence-corrected chi connectivity index (χ2v) is 41.1. The van der Waals surface area contributed by atoms with E-state index in [0.717, 1.165) is 44.5 Å². The van der Waals surface area contributed by atoms with Gasteiger partial charge in [-0.1, -0.05) is 267 Å². The molecule has 12 nitrogen and oxygen atoms in total. The van der Waals surface area contributed by atoms with Gasteiger partial charge in [0.15, 0.2) is 0 Å². The van der Waals surface area contributed by atoms with Gasteiger partial charge in [-0.2, -0.15) is 0 Å². The molecule has 115 heavy (non-hydrogen) atoms. The molecule has 588 valence electrons. The molecule has 0 bridgehead atoms. The largest absolute Gasteiger partial charge is 0.377 e. The molecule has 12 aromatic rings. The van der Waals surface area contributed by atoms with Gasteiger partial charge in [-0.3, -0.25) is 29.0 Å². The summed E-state index contributed by atoms with van der Waals surface area (Å²) in [6.07, 6.45) is -0.650. The first-order valence-corrected chi connectivity index (χ1v) is 46.0. The molecule has 16 heteroatoms. The maximum absolute atomic E-state index is 15.9. The Hall–Kier alpha value is -9.92. The summed E-state index contributed by atoms with van der Waals surface area (Å²) in [6, 6.07) is 79.6. The summed E-state index contributed by atoms with van der Waals surface area (Å²) in [5.74, 6) is 0. The highest BCUT2D eigenvalue weighted by atomic mass is 31.2. The fourth-order valence-corrected chi connectivity index (χ4v) is 27.1. The van der Waals surface area contributed by atoms with E-state index < -0.39 is 56.9 Å². The smallest absolute Gasteiger partial charge is 0.230 e. The Morgan fingerprint density at radius 1 is 0.278 bits per heavy atom. The van der Waals surface area contributed by atoms with Crippen molar-refractivity contribution in [3.8, 4) is 0 Å². The molecule has 0 aromatic heterocycles. The van der Waals surface area contributed by atoms with Crippen LogP contribution in [-0.2, 0) is 53.9 Å². The third-order valence-corrected chi connectivity index (χ3v) is 34.4. The monoisotopic (exact) mass is 1600 g/mol. The van der Waals surface area contributed by atoms with Gasteiger partial charge < -0.3 is 27.7 Å². The second-order valence-electron chi connectivity index (χ2n) is 30.5. The SMILES string of the molecule is Cc1cc(C)c(C(=O)P(=O)(c2ccccc2)c2ccccc2)c(C)c1CN(Cc1c(C)cc(C)c(C(=O)P(=O)(c2ccccc2)c2ccccc2)c1C)C(C)COCCOC(C)N(Cc1c(C)cc(C)c(C(=O)P(=O)(c2ccccc2)c2ccccc2)c1C)Cc1c(C)cc(C)c(C(=O)P(=O)(c2ccccc2)c2ccccc2)c1C. The molecule has 0 radical (unpaired) electrons. The predicted octanol–water partition coefficient (Wildman–Crippen LogP) is 19.5. The first-order valence-electron chi connectivity index (χ1n) is 39.2. The molecular weight excluding hydrogens is 1500 g/mol. The zero-order valence-electron chi connectivity index (χ0n) is 68.3. The zero-order valence-corrected chi connectivity index (χ0v) is 71.9. The lowest BCUT2D eigenvalue weighted by Crippen LogP contribution is -2.38. The van der Waals surface area contributed by atoms with Gasteiger partial charge >= 0.3 is 0 Å². The summed E-state index contributed by atoms with van der Waals surface area (Å²) >= 11 is 0. The predicted molar refractivity (Wildman–Crippen MR) is 473 cm³/mol. The Kier molecular flexibility index (Phi) is 26.5. The minimum atomic E-state index is -3.96. The highest BCUT2D eigenvalue weighted by Gasteiger charge is 2.44. The van der Waals surface area contributed by atoms with Crippen LogP contribution in [0.5, 0.6) is 0 Å². The summed E-state index contributed by atoms with van der Waals surface area (Å²) in [7, 11) is -15.8. The normalized spacial score (nSPS) is 12.6. The van der Waals surface area contributed by atoms with Crippen molar-refractivity contribution in [2.24, 2.45) is 0 Å². The Balaban J connectivity index is 0.898. The lowest BCUT2D eigenvalue weighted by Gasteiger charge is -2.33. The molecule has 2 unspecified atom stereocenters. The molecule has 0 fully saturated rings. The van der Waals surface area contributed by atoms with E-state index in [1.807, 2.05) is 211 Å². The summed E-state index contributed by atoms with van der Waals surface area (Å²) in [4.78, 5) is 67.1. The lowest BCUT2D eigenvalue weighted by molar-refractivity contribution is -0.0773. The van der Waals surface area contributed by atoms with Crippen LogP contribution < -0.4 is 42.4 Å². The number of nitrogens with zero attached hydrogens (tertiary/aromatic N) is 2. The summed E-state index contributed by atoms with van der Waals surface area (Å²) in [5.41, 5.74) is 12.4. The summed E-state index contributed by atoms with van der Waals surface area (Å²) in [6.45, 7) is 29.1. The van der Waals surface area contributed by atoms with Crippen molar-refractivity contribution in [3.05, 3.63) is 378 Å². The average molecular weight is 1600 g/mol. The molecule has 0 aliphatic carbocycles. The summed E-state index contributed by atoms with van der Waals surface area (Å²) in [5, 5.41) is 3.51. The van der Waals surface area contributed by atoms with E-state index in [4.69, 9.17) is 9.47 Å². The number of hydrogen-bond acceptors (Lipinski definition) is 12. The molecule has 0 saturated heterocycles. The quantitative estimate of drug-likeness (QED) is 0.0223. The van der Waals surface area contributed by atoms with Crippen molar-refractivity contribution in [1.29, 1.82) is 0 Å². The van der Waals surface area contributed by atoms with Crippen molar-refractivity contribution in [3.63, 3.8) is 0 Å². The molecule has 0 spiro atoms. The van der Waals surface area contributed by atoms with Gasteiger partial charge in [-0.15, -0.1) is 0 Å². The van der Waals surface area contributed by atoms with Crippen LogP contribution in [0.15, 0.2) is 267 Å². The van der Waals surface area contributed by atoms with E-state index in [-0.39, 0.29) is 39.0 Å². The van der Waals surface area contributed by atoms with E-state index in [2.05, 4.69) is 16.7 Å². The van der Waals surface area contributed by atoms with Crippen molar-refractivity contribution in [2.75, 3.05) is 19.8 Å². The van der Waals surface area contributed by atoms with Crippen LogP contribution in [-0.4, -0.2) is 64.0 Å². The fraction of sp³-hybridized carbons (Fsp3) is 0.232. The van der Waals surface area contributed by atoms with Crippen LogP contribution in [0.25, 0.3) is 0 Å². The zero-order chi connectivity index (χ0) is 82.3. The van der Waals surface area contributed by atoms with Crippen molar-refractivity contribution in [2.45, 2.75) is 135 Å². The first-order chi connectivity index (χ1) is 55.1. The van der Waals surface area contributed by atoms with Crippen LogP contribution in [0.4, 0.5) is 0 Å². The minimum Gasteiger partial charge on any atom is -0.377 e. The molecular formula is C99H102N2O10P4. The molecule has 0 heterocycles. The Morgan fingerprint density at radius 3 is 0.670 bits per heavy atom. The number of aryl methyl sites for hydroxylation is 8. The van der Waals surface area contributed by atoms with E-state index in [0.29, 0.717) is 122 Å². The Morgan fingerprint density at radius 2 is 0.470 bits per heavy atom. The van der Waals surface area contributed by atoms with E-state index in [1.54, 1.807) is 146 Å². The van der Waals surface area contributed by atoms with Gasteiger partial charge in [-0.05, 0) is 186 Å². The number of carbonyl (C=O) groups is 4. The van der Waals surface area contributed by atoms with E-state index >= 15 is 37.4 Å². The molecule has 0 N–H and O–H groups in total. The maximum atomic E-state index is 15.9. The molecule has 0 aliphatic rings. The first kappa shape index (κ1) is 84.5. The van der Waals surface area contributed by atoms with E-state index in [9.17, 15) is 0 Å². The average Bonchev–Trinajstić information content (AvgIpc) is 0.761. The molecule has 0 saturated carbocycles. The van der Waals surface area contributed by atoms with Gasteiger partial charge in [0, 0.05) is 96.9 Å². The van der Waals surface area contributed by atoms with Gasteiger partial charge in [-0.25, -0.2) is 0 Å². The highest BCUT2D eigenvalue weighted by Crippen LogP contribution is 2.53. The van der Waals surface area contributed by atoms with Crippen molar-refractivity contribution >= 4 is 93.1 Å². The Labute approximate surface area is 678 Å². The molecule has 12 aromatic carbocycles. The van der Waals surface area contributed by atoms with Gasteiger partial charge in [0.05, 0.1) is 19.8 Å². The minimum absolute atomic E-state index is 0.124. The molecule has 0 amide bonds. The van der Waals surface area contributed by atoms with Crippen LogP contribution >= 0.6 is 28.6 Å².